The standard InChI is InChI=1S/C21H26ClN7O2S/c1-27-9-11-29(12-10-27)21-25-18-15-24-19(22)14-17(18)20(26-21)23-8-13-32(30,31)28(2)16-6-4-3-5-7-16/h3-7,14-15H,8-13H2,1-2H3,(H,23,25,26). The zero-order chi connectivity index (χ0) is 22.7. The van der Waals surface area contributed by atoms with Gasteiger partial charge in [0.2, 0.25) is 16.0 Å². The number of anilines is 3. The van der Waals surface area contributed by atoms with Crippen LogP contribution in [0.2, 0.25) is 5.15 Å². The largest absolute Gasteiger partial charge is 0.368 e. The Balaban J connectivity index is 1.54. The van der Waals surface area contributed by atoms with Gasteiger partial charge in [-0.15, -0.1) is 0 Å². The van der Waals surface area contributed by atoms with Crippen molar-refractivity contribution >= 4 is 50.0 Å². The third-order valence-corrected chi connectivity index (χ3v) is 7.48. The van der Waals surface area contributed by atoms with Gasteiger partial charge in [-0.3, -0.25) is 4.31 Å². The number of nitrogens with zero attached hydrogens (tertiary/aromatic N) is 6. The Morgan fingerprint density at radius 1 is 1.12 bits per heavy atom. The van der Waals surface area contributed by atoms with E-state index < -0.39 is 10.0 Å². The van der Waals surface area contributed by atoms with Crippen LogP contribution in [0.1, 0.15) is 0 Å². The Hall–Kier alpha value is -2.69. The van der Waals surface area contributed by atoms with Crippen LogP contribution in [-0.4, -0.2) is 80.8 Å². The second-order valence-electron chi connectivity index (χ2n) is 7.73. The molecule has 3 aromatic rings. The Kier molecular flexibility index (Phi) is 6.63. The van der Waals surface area contributed by atoms with Crippen molar-refractivity contribution in [1.82, 2.24) is 19.9 Å². The van der Waals surface area contributed by atoms with E-state index in [0.717, 1.165) is 26.2 Å². The van der Waals surface area contributed by atoms with Gasteiger partial charge in [-0.05, 0) is 25.2 Å². The molecule has 1 aromatic carbocycles. The van der Waals surface area contributed by atoms with Crippen LogP contribution in [0.25, 0.3) is 10.9 Å². The van der Waals surface area contributed by atoms with Gasteiger partial charge >= 0.3 is 0 Å². The van der Waals surface area contributed by atoms with Crippen molar-refractivity contribution < 1.29 is 8.42 Å². The summed E-state index contributed by atoms with van der Waals surface area (Å²) >= 11 is 6.10. The second kappa shape index (κ2) is 9.43. The van der Waals surface area contributed by atoms with Gasteiger partial charge in [-0.25, -0.2) is 18.4 Å². The van der Waals surface area contributed by atoms with E-state index in [4.69, 9.17) is 16.6 Å². The molecule has 1 fully saturated rings. The van der Waals surface area contributed by atoms with Crippen molar-refractivity contribution in [3.05, 3.63) is 47.7 Å². The molecule has 32 heavy (non-hydrogen) atoms. The number of halogens is 1. The Morgan fingerprint density at radius 3 is 2.56 bits per heavy atom. The van der Waals surface area contributed by atoms with Crippen LogP contribution in [-0.2, 0) is 10.0 Å². The number of hydrogen-bond donors (Lipinski definition) is 1. The van der Waals surface area contributed by atoms with E-state index >= 15 is 0 Å². The molecular weight excluding hydrogens is 450 g/mol. The summed E-state index contributed by atoms with van der Waals surface area (Å²) in [5.41, 5.74) is 1.28. The zero-order valence-corrected chi connectivity index (χ0v) is 19.6. The van der Waals surface area contributed by atoms with Crippen molar-refractivity contribution in [2.45, 2.75) is 0 Å². The Morgan fingerprint density at radius 2 is 1.84 bits per heavy atom. The zero-order valence-electron chi connectivity index (χ0n) is 18.1. The molecule has 0 unspecified atom stereocenters. The molecule has 4 rings (SSSR count). The minimum Gasteiger partial charge on any atom is -0.368 e. The van der Waals surface area contributed by atoms with E-state index in [0.29, 0.717) is 33.5 Å². The number of hydrogen-bond acceptors (Lipinski definition) is 8. The summed E-state index contributed by atoms with van der Waals surface area (Å²) in [5, 5.41) is 4.22. The Labute approximate surface area is 193 Å². The molecule has 0 radical (unpaired) electrons. The number of benzene rings is 1. The molecule has 11 heteroatoms. The number of aromatic nitrogens is 3. The number of pyridine rings is 1. The monoisotopic (exact) mass is 475 g/mol. The van der Waals surface area contributed by atoms with E-state index in [1.807, 2.05) is 18.2 Å². The maximum absolute atomic E-state index is 12.8. The SMILES string of the molecule is CN1CCN(c2nc(NCCS(=O)(=O)N(C)c3ccccc3)c3cc(Cl)ncc3n2)CC1. The van der Waals surface area contributed by atoms with Gasteiger partial charge in [0.25, 0.3) is 0 Å². The van der Waals surface area contributed by atoms with E-state index in [1.165, 1.54) is 4.31 Å². The van der Waals surface area contributed by atoms with Crippen molar-refractivity contribution in [3.8, 4) is 0 Å². The lowest BCUT2D eigenvalue weighted by atomic mass is 10.3. The van der Waals surface area contributed by atoms with Crippen molar-refractivity contribution in [2.75, 3.05) is 67.1 Å². The maximum atomic E-state index is 12.8. The minimum atomic E-state index is -3.51. The summed E-state index contributed by atoms with van der Waals surface area (Å²) in [6.07, 6.45) is 1.62. The van der Waals surface area contributed by atoms with Gasteiger partial charge in [0, 0.05) is 45.2 Å². The lowest BCUT2D eigenvalue weighted by Gasteiger charge is -2.32. The molecule has 170 valence electrons. The Bertz CT molecular complexity index is 1190. The van der Waals surface area contributed by atoms with Gasteiger partial charge in [0.1, 0.15) is 11.0 Å². The molecule has 9 nitrogen and oxygen atoms in total. The number of piperazine rings is 1. The summed E-state index contributed by atoms with van der Waals surface area (Å²) in [5.74, 6) is 1.05. The van der Waals surface area contributed by atoms with Crippen LogP contribution in [0, 0.1) is 0 Å². The van der Waals surface area contributed by atoms with Crippen molar-refractivity contribution in [3.63, 3.8) is 0 Å². The third kappa shape index (κ3) is 5.03. The topological polar surface area (TPSA) is 94.6 Å². The molecule has 1 N–H and O–H groups in total. The van der Waals surface area contributed by atoms with Crippen LogP contribution in [0.15, 0.2) is 42.6 Å². The average Bonchev–Trinajstić information content (AvgIpc) is 2.79. The fourth-order valence-electron chi connectivity index (χ4n) is 3.51. The molecule has 1 saturated heterocycles. The molecule has 3 heterocycles. The van der Waals surface area contributed by atoms with Crippen LogP contribution >= 0.6 is 11.6 Å². The number of para-hydroxylation sites is 1. The first kappa shape index (κ1) is 22.5. The van der Waals surface area contributed by atoms with E-state index in [1.54, 1.807) is 31.4 Å². The van der Waals surface area contributed by atoms with Gasteiger partial charge < -0.3 is 15.1 Å². The first-order chi connectivity index (χ1) is 15.3. The fourth-order valence-corrected chi connectivity index (χ4v) is 4.75. The summed E-state index contributed by atoms with van der Waals surface area (Å²) in [6.45, 7) is 3.67. The summed E-state index contributed by atoms with van der Waals surface area (Å²) < 4.78 is 26.9. The van der Waals surface area contributed by atoms with Gasteiger partial charge in [0.05, 0.1) is 23.2 Å². The normalized spacial score (nSPS) is 15.2. The second-order valence-corrected chi connectivity index (χ2v) is 10.2. The van der Waals surface area contributed by atoms with Gasteiger partial charge in [-0.1, -0.05) is 29.8 Å². The summed E-state index contributed by atoms with van der Waals surface area (Å²) in [6, 6.07) is 10.7. The predicted molar refractivity (Wildman–Crippen MR) is 129 cm³/mol. The smallest absolute Gasteiger partial charge is 0.236 e. The van der Waals surface area contributed by atoms with Gasteiger partial charge in [-0.2, -0.15) is 4.98 Å². The third-order valence-electron chi connectivity index (χ3n) is 5.51. The average molecular weight is 476 g/mol. The van der Waals surface area contributed by atoms with Crippen molar-refractivity contribution in [1.29, 1.82) is 0 Å². The quantitative estimate of drug-likeness (QED) is 0.520. The number of sulfonamides is 1. The van der Waals surface area contributed by atoms with E-state index in [2.05, 4.69) is 32.1 Å². The molecule has 2 aromatic heterocycles. The molecule has 0 bridgehead atoms. The lowest BCUT2D eigenvalue weighted by Crippen LogP contribution is -2.45. The highest BCUT2D eigenvalue weighted by Crippen LogP contribution is 2.26. The number of nitrogens with one attached hydrogen (secondary N) is 1. The lowest BCUT2D eigenvalue weighted by molar-refractivity contribution is 0.311. The molecule has 0 amide bonds. The number of rotatable bonds is 7. The molecule has 1 aliphatic rings. The number of fused-ring (bicyclic) bond motifs is 1. The van der Waals surface area contributed by atoms with Crippen LogP contribution in [0.3, 0.4) is 0 Å². The van der Waals surface area contributed by atoms with Crippen molar-refractivity contribution in [2.24, 2.45) is 0 Å². The maximum Gasteiger partial charge on any atom is 0.236 e. The molecule has 0 saturated carbocycles. The molecule has 0 spiro atoms. The molecule has 1 aliphatic heterocycles. The first-order valence-electron chi connectivity index (χ1n) is 10.4. The highest BCUT2D eigenvalue weighted by molar-refractivity contribution is 7.92. The molecular formula is C21H26ClN7O2S. The minimum absolute atomic E-state index is 0.0907. The predicted octanol–water partition coefficient (Wildman–Crippen LogP) is 2.31. The van der Waals surface area contributed by atoms with Crippen LogP contribution < -0.4 is 14.5 Å². The first-order valence-corrected chi connectivity index (χ1v) is 12.3. The van der Waals surface area contributed by atoms with Gasteiger partial charge in [0.15, 0.2) is 0 Å². The highest BCUT2D eigenvalue weighted by Gasteiger charge is 2.21. The van der Waals surface area contributed by atoms with E-state index in [-0.39, 0.29) is 12.3 Å². The number of likely N-dealkylation sites (N-methyl/N-ethyl adjacent to an activating group) is 1. The van der Waals surface area contributed by atoms with Crippen LogP contribution in [0.5, 0.6) is 0 Å². The fraction of sp³-hybridized carbons (Fsp3) is 0.381. The van der Waals surface area contributed by atoms with Crippen LogP contribution in [0.4, 0.5) is 17.5 Å². The summed E-state index contributed by atoms with van der Waals surface area (Å²) in [4.78, 5) is 17.9. The summed E-state index contributed by atoms with van der Waals surface area (Å²) in [7, 11) is 0.136. The highest BCUT2D eigenvalue weighted by atomic mass is 35.5. The molecule has 0 atom stereocenters. The molecule has 0 aliphatic carbocycles. The van der Waals surface area contributed by atoms with E-state index in [9.17, 15) is 8.42 Å².